The summed E-state index contributed by atoms with van der Waals surface area (Å²) in [6.45, 7) is 7.77. The van der Waals surface area contributed by atoms with Crippen molar-refractivity contribution in [1.29, 1.82) is 0 Å². The molecule has 0 saturated carbocycles. The van der Waals surface area contributed by atoms with Gasteiger partial charge < -0.3 is 19.3 Å². The Balaban J connectivity index is 1.66. The normalized spacial score (nSPS) is 14.5. The minimum absolute atomic E-state index is 0.115. The highest BCUT2D eigenvalue weighted by Gasteiger charge is 2.23. The average molecular weight is 376 g/mol. The summed E-state index contributed by atoms with van der Waals surface area (Å²) >= 11 is 0. The molecule has 150 valence electrons. The van der Waals surface area contributed by atoms with Gasteiger partial charge in [0.1, 0.15) is 5.75 Å². The molecule has 2 amide bonds. The lowest BCUT2D eigenvalue weighted by Gasteiger charge is -2.35. The predicted octanol–water partition coefficient (Wildman–Crippen LogP) is 2.36. The Morgan fingerprint density at radius 1 is 0.963 bits per heavy atom. The van der Waals surface area contributed by atoms with Crippen LogP contribution in [0.4, 0.5) is 0 Å². The Bertz CT molecular complexity index is 593. The van der Waals surface area contributed by atoms with Crippen LogP contribution in [0.25, 0.3) is 0 Å². The second-order valence-corrected chi connectivity index (χ2v) is 7.33. The van der Waals surface area contributed by atoms with Crippen LogP contribution in [0.5, 0.6) is 5.75 Å². The highest BCUT2D eigenvalue weighted by molar-refractivity contribution is 5.78. The maximum absolute atomic E-state index is 12.4. The van der Waals surface area contributed by atoms with E-state index in [1.165, 1.54) is 0 Å². The summed E-state index contributed by atoms with van der Waals surface area (Å²) in [4.78, 5) is 28.3. The number of ether oxygens (including phenoxy) is 2. The Labute approximate surface area is 162 Å². The third kappa shape index (κ3) is 7.21. The van der Waals surface area contributed by atoms with Gasteiger partial charge in [-0.05, 0) is 30.0 Å². The average Bonchev–Trinajstić information content (AvgIpc) is 2.69. The minimum atomic E-state index is 0.115. The number of nitrogens with zero attached hydrogens (tertiary/aromatic N) is 2. The van der Waals surface area contributed by atoms with Gasteiger partial charge in [-0.3, -0.25) is 9.59 Å². The molecule has 0 atom stereocenters. The third-order valence-corrected chi connectivity index (χ3v) is 4.68. The molecule has 1 aliphatic rings. The first-order valence-electron chi connectivity index (χ1n) is 9.76. The molecule has 6 heteroatoms. The minimum Gasteiger partial charge on any atom is -0.497 e. The van der Waals surface area contributed by atoms with Gasteiger partial charge in [0.2, 0.25) is 11.8 Å². The lowest BCUT2D eigenvalue weighted by atomic mass is 10.1. The highest BCUT2D eigenvalue weighted by Crippen LogP contribution is 2.14. The molecule has 0 N–H and O–H groups in total. The van der Waals surface area contributed by atoms with Gasteiger partial charge in [-0.15, -0.1) is 0 Å². The molecule has 0 radical (unpaired) electrons. The molecule has 0 spiro atoms. The second kappa shape index (κ2) is 10.9. The fourth-order valence-corrected chi connectivity index (χ4v) is 3.04. The first kappa shape index (κ1) is 21.2. The molecule has 0 unspecified atom stereocenters. The molecule has 6 nitrogen and oxygen atoms in total. The van der Waals surface area contributed by atoms with E-state index in [0.29, 0.717) is 58.2 Å². The van der Waals surface area contributed by atoms with E-state index in [2.05, 4.69) is 13.8 Å². The number of benzene rings is 1. The van der Waals surface area contributed by atoms with Crippen LogP contribution in [-0.4, -0.2) is 68.1 Å². The van der Waals surface area contributed by atoms with E-state index in [9.17, 15) is 9.59 Å². The predicted molar refractivity (Wildman–Crippen MR) is 105 cm³/mol. The van der Waals surface area contributed by atoms with Crippen molar-refractivity contribution in [3.63, 3.8) is 0 Å². The van der Waals surface area contributed by atoms with Gasteiger partial charge in [0, 0.05) is 39.2 Å². The second-order valence-electron chi connectivity index (χ2n) is 7.33. The van der Waals surface area contributed by atoms with Crippen molar-refractivity contribution in [3.8, 4) is 5.75 Å². The van der Waals surface area contributed by atoms with Crippen LogP contribution < -0.4 is 4.74 Å². The molecule has 1 aromatic carbocycles. The summed E-state index contributed by atoms with van der Waals surface area (Å²) in [6, 6.07) is 7.80. The number of piperazine rings is 1. The number of carbonyl (C=O) groups is 2. The topological polar surface area (TPSA) is 59.1 Å². The summed E-state index contributed by atoms with van der Waals surface area (Å²) < 4.78 is 10.6. The van der Waals surface area contributed by atoms with Crippen LogP contribution >= 0.6 is 0 Å². The number of aryl methyl sites for hydroxylation is 1. The molecular formula is C21H32N2O4. The van der Waals surface area contributed by atoms with Gasteiger partial charge in [0.05, 0.1) is 20.1 Å². The van der Waals surface area contributed by atoms with Crippen LogP contribution in [0.2, 0.25) is 0 Å². The molecule has 0 bridgehead atoms. The lowest BCUT2D eigenvalue weighted by Crippen LogP contribution is -2.50. The van der Waals surface area contributed by atoms with Crippen molar-refractivity contribution in [3.05, 3.63) is 29.8 Å². The van der Waals surface area contributed by atoms with E-state index < -0.39 is 0 Å². The van der Waals surface area contributed by atoms with Crippen molar-refractivity contribution in [1.82, 2.24) is 9.80 Å². The number of carbonyl (C=O) groups excluding carboxylic acids is 2. The third-order valence-electron chi connectivity index (χ3n) is 4.68. The van der Waals surface area contributed by atoms with Gasteiger partial charge in [-0.25, -0.2) is 0 Å². The summed E-state index contributed by atoms with van der Waals surface area (Å²) in [5, 5.41) is 0. The van der Waals surface area contributed by atoms with E-state index in [1.54, 1.807) is 7.11 Å². The van der Waals surface area contributed by atoms with Crippen molar-refractivity contribution in [2.24, 2.45) is 5.92 Å². The summed E-state index contributed by atoms with van der Waals surface area (Å²) in [7, 11) is 1.64. The van der Waals surface area contributed by atoms with Gasteiger partial charge in [-0.2, -0.15) is 0 Å². The Hall–Kier alpha value is -2.08. The first-order valence-corrected chi connectivity index (χ1v) is 9.76. The summed E-state index contributed by atoms with van der Waals surface area (Å²) in [5.41, 5.74) is 1.12. The summed E-state index contributed by atoms with van der Waals surface area (Å²) in [6.07, 6.45) is 1.62. The van der Waals surface area contributed by atoms with Gasteiger partial charge in [0.25, 0.3) is 0 Å². The van der Waals surface area contributed by atoms with Crippen LogP contribution in [-0.2, 0) is 20.7 Å². The molecule has 1 heterocycles. The number of amides is 2. The smallest absolute Gasteiger partial charge is 0.225 e. The molecule has 1 saturated heterocycles. The Morgan fingerprint density at radius 2 is 1.52 bits per heavy atom. The van der Waals surface area contributed by atoms with Gasteiger partial charge >= 0.3 is 0 Å². The number of methoxy groups -OCH3 is 1. The van der Waals surface area contributed by atoms with Crippen molar-refractivity contribution < 1.29 is 19.1 Å². The number of hydrogen-bond donors (Lipinski definition) is 0. The molecule has 1 aromatic rings. The zero-order valence-electron chi connectivity index (χ0n) is 16.8. The summed E-state index contributed by atoms with van der Waals surface area (Å²) in [5.74, 6) is 1.57. The van der Waals surface area contributed by atoms with Crippen LogP contribution in [0.15, 0.2) is 24.3 Å². The molecule has 1 aliphatic heterocycles. The van der Waals surface area contributed by atoms with E-state index in [4.69, 9.17) is 9.47 Å². The highest BCUT2D eigenvalue weighted by atomic mass is 16.5. The zero-order chi connectivity index (χ0) is 19.6. The van der Waals surface area contributed by atoms with Crippen LogP contribution in [0.3, 0.4) is 0 Å². The maximum Gasteiger partial charge on any atom is 0.225 e. The maximum atomic E-state index is 12.4. The zero-order valence-corrected chi connectivity index (χ0v) is 16.8. The molecule has 2 rings (SSSR count). The lowest BCUT2D eigenvalue weighted by molar-refractivity contribution is -0.140. The van der Waals surface area contributed by atoms with Gasteiger partial charge in [-0.1, -0.05) is 26.0 Å². The fraction of sp³-hybridized carbons (Fsp3) is 0.619. The first-order chi connectivity index (χ1) is 13.0. The van der Waals surface area contributed by atoms with Gasteiger partial charge in [0.15, 0.2) is 0 Å². The van der Waals surface area contributed by atoms with E-state index in [0.717, 1.165) is 17.7 Å². The van der Waals surface area contributed by atoms with Crippen molar-refractivity contribution in [2.45, 2.75) is 33.1 Å². The van der Waals surface area contributed by atoms with E-state index in [1.807, 2.05) is 34.1 Å². The molecule has 0 aromatic heterocycles. The van der Waals surface area contributed by atoms with Crippen molar-refractivity contribution >= 4 is 11.8 Å². The van der Waals surface area contributed by atoms with Crippen LogP contribution in [0.1, 0.15) is 32.3 Å². The van der Waals surface area contributed by atoms with Crippen molar-refractivity contribution in [2.75, 3.05) is 46.5 Å². The SMILES string of the molecule is COc1ccc(CCC(=O)N2CCN(C(=O)CCOCC(C)C)CC2)cc1. The monoisotopic (exact) mass is 376 g/mol. The standard InChI is InChI=1S/C21H32N2O4/c1-17(2)16-27-15-10-21(25)23-13-11-22(12-14-23)20(24)9-6-18-4-7-19(26-3)8-5-18/h4-5,7-8,17H,6,9-16H2,1-3H3. The number of hydrogen-bond acceptors (Lipinski definition) is 4. The molecule has 27 heavy (non-hydrogen) atoms. The quantitative estimate of drug-likeness (QED) is 0.621. The molecule has 0 aliphatic carbocycles. The van der Waals surface area contributed by atoms with E-state index >= 15 is 0 Å². The number of rotatable bonds is 9. The molecular weight excluding hydrogens is 344 g/mol. The Kier molecular flexibility index (Phi) is 8.58. The van der Waals surface area contributed by atoms with Crippen LogP contribution in [0, 0.1) is 5.92 Å². The Morgan fingerprint density at radius 3 is 2.04 bits per heavy atom. The fourth-order valence-electron chi connectivity index (χ4n) is 3.04. The largest absolute Gasteiger partial charge is 0.497 e. The van der Waals surface area contributed by atoms with E-state index in [-0.39, 0.29) is 11.8 Å². The molecule has 1 fully saturated rings.